The van der Waals surface area contributed by atoms with Gasteiger partial charge in [0.1, 0.15) is 18.9 Å². The lowest BCUT2D eigenvalue weighted by Gasteiger charge is -2.23. The van der Waals surface area contributed by atoms with Gasteiger partial charge < -0.3 is 19.5 Å². The third-order valence-electron chi connectivity index (χ3n) is 4.26. The molecule has 1 aliphatic heterocycles. The SMILES string of the molecule is Cc1ccc(OC[C@@H](C)NC(=O)CN(c2ccc3c(c2)OCO3)S(C)(=O)=O)cc1. The molecule has 2 aromatic carbocycles. The van der Waals surface area contributed by atoms with Crippen molar-refractivity contribution in [2.24, 2.45) is 0 Å². The molecule has 3 rings (SSSR count). The maximum absolute atomic E-state index is 12.4. The van der Waals surface area contributed by atoms with Crippen LogP contribution >= 0.6 is 0 Å². The third-order valence-corrected chi connectivity index (χ3v) is 5.40. The minimum absolute atomic E-state index is 0.0800. The van der Waals surface area contributed by atoms with E-state index in [1.165, 1.54) is 0 Å². The average Bonchev–Trinajstić information content (AvgIpc) is 3.12. The highest BCUT2D eigenvalue weighted by molar-refractivity contribution is 7.92. The van der Waals surface area contributed by atoms with Crippen LogP contribution in [0, 0.1) is 6.92 Å². The van der Waals surface area contributed by atoms with Crippen LogP contribution in [0.3, 0.4) is 0 Å². The van der Waals surface area contributed by atoms with Gasteiger partial charge in [-0.1, -0.05) is 17.7 Å². The number of hydrogen-bond acceptors (Lipinski definition) is 6. The van der Waals surface area contributed by atoms with E-state index in [1.807, 2.05) is 31.2 Å². The zero-order chi connectivity index (χ0) is 21.0. The number of amides is 1. The van der Waals surface area contributed by atoms with Crippen molar-refractivity contribution in [3.05, 3.63) is 48.0 Å². The lowest BCUT2D eigenvalue weighted by molar-refractivity contribution is -0.120. The fourth-order valence-corrected chi connectivity index (χ4v) is 3.64. The van der Waals surface area contributed by atoms with Crippen molar-refractivity contribution in [2.45, 2.75) is 19.9 Å². The van der Waals surface area contributed by atoms with Crippen LogP contribution in [0.4, 0.5) is 5.69 Å². The molecule has 1 heterocycles. The van der Waals surface area contributed by atoms with Crippen LogP contribution in [-0.4, -0.2) is 46.6 Å². The van der Waals surface area contributed by atoms with Gasteiger partial charge in [-0.3, -0.25) is 9.10 Å². The number of carbonyl (C=O) groups is 1. The average molecular weight is 420 g/mol. The summed E-state index contributed by atoms with van der Waals surface area (Å²) in [4.78, 5) is 12.4. The Hall–Kier alpha value is -2.94. The Kier molecular flexibility index (Phi) is 6.17. The largest absolute Gasteiger partial charge is 0.491 e. The molecule has 1 amide bonds. The number of ether oxygens (including phenoxy) is 3. The minimum Gasteiger partial charge on any atom is -0.491 e. The molecule has 0 aliphatic carbocycles. The molecule has 0 radical (unpaired) electrons. The van der Waals surface area contributed by atoms with E-state index in [0.717, 1.165) is 16.1 Å². The van der Waals surface area contributed by atoms with Crippen molar-refractivity contribution in [1.82, 2.24) is 5.32 Å². The number of nitrogens with zero attached hydrogens (tertiary/aromatic N) is 1. The normalized spacial score (nSPS) is 13.6. The molecular weight excluding hydrogens is 396 g/mol. The van der Waals surface area contributed by atoms with Crippen molar-refractivity contribution in [2.75, 3.05) is 30.5 Å². The Morgan fingerprint density at radius 2 is 1.86 bits per heavy atom. The zero-order valence-electron chi connectivity index (χ0n) is 16.5. The lowest BCUT2D eigenvalue weighted by Crippen LogP contribution is -2.44. The van der Waals surface area contributed by atoms with E-state index in [-0.39, 0.29) is 26.0 Å². The predicted octanol–water partition coefficient (Wildman–Crippen LogP) is 2.07. The summed E-state index contributed by atoms with van der Waals surface area (Å²) >= 11 is 0. The Morgan fingerprint density at radius 1 is 1.17 bits per heavy atom. The molecule has 0 fully saturated rings. The van der Waals surface area contributed by atoms with Gasteiger partial charge in [-0.15, -0.1) is 0 Å². The first-order valence-electron chi connectivity index (χ1n) is 9.08. The van der Waals surface area contributed by atoms with Crippen LogP contribution in [0.1, 0.15) is 12.5 Å². The molecule has 0 spiro atoms. The van der Waals surface area contributed by atoms with Crippen LogP contribution in [0.5, 0.6) is 17.2 Å². The van der Waals surface area contributed by atoms with Gasteiger partial charge in [-0.2, -0.15) is 0 Å². The third kappa shape index (κ3) is 5.54. The molecule has 1 atom stereocenters. The number of hydrogen-bond donors (Lipinski definition) is 1. The van der Waals surface area contributed by atoms with Gasteiger partial charge in [0, 0.05) is 6.07 Å². The second-order valence-electron chi connectivity index (χ2n) is 6.90. The van der Waals surface area contributed by atoms with Crippen LogP contribution in [0.2, 0.25) is 0 Å². The van der Waals surface area contributed by atoms with Crippen LogP contribution in [0.25, 0.3) is 0 Å². The van der Waals surface area contributed by atoms with Gasteiger partial charge in [-0.25, -0.2) is 8.42 Å². The Morgan fingerprint density at radius 3 is 2.55 bits per heavy atom. The maximum Gasteiger partial charge on any atom is 0.241 e. The number of fused-ring (bicyclic) bond motifs is 1. The fourth-order valence-electron chi connectivity index (χ4n) is 2.79. The van der Waals surface area contributed by atoms with Crippen molar-refractivity contribution in [3.8, 4) is 17.2 Å². The van der Waals surface area contributed by atoms with E-state index in [0.29, 0.717) is 22.9 Å². The van der Waals surface area contributed by atoms with E-state index in [9.17, 15) is 13.2 Å². The zero-order valence-corrected chi connectivity index (χ0v) is 17.4. The number of rotatable bonds is 8. The van der Waals surface area contributed by atoms with Crippen molar-refractivity contribution >= 4 is 21.6 Å². The molecule has 0 unspecified atom stereocenters. The van der Waals surface area contributed by atoms with Gasteiger partial charge in [0.2, 0.25) is 22.7 Å². The van der Waals surface area contributed by atoms with E-state index in [4.69, 9.17) is 14.2 Å². The van der Waals surface area contributed by atoms with Gasteiger partial charge in [0.05, 0.1) is 18.0 Å². The van der Waals surface area contributed by atoms with Crippen LogP contribution in [0.15, 0.2) is 42.5 Å². The Bertz CT molecular complexity index is 975. The van der Waals surface area contributed by atoms with Crippen LogP contribution in [-0.2, 0) is 14.8 Å². The number of nitrogens with one attached hydrogen (secondary N) is 1. The van der Waals surface area contributed by atoms with Gasteiger partial charge in [0.15, 0.2) is 11.5 Å². The standard InChI is InChI=1S/C20H24N2O6S/c1-14-4-7-17(8-5-14)26-12-15(2)21-20(23)11-22(29(3,24)25)16-6-9-18-19(10-16)28-13-27-18/h4-10,15H,11-13H2,1-3H3,(H,21,23)/t15-/m1/s1. The van der Waals surface area contributed by atoms with E-state index in [1.54, 1.807) is 25.1 Å². The number of sulfonamides is 1. The first-order chi connectivity index (χ1) is 13.7. The van der Waals surface area contributed by atoms with E-state index < -0.39 is 15.9 Å². The smallest absolute Gasteiger partial charge is 0.241 e. The summed E-state index contributed by atoms with van der Waals surface area (Å²) in [6.07, 6.45) is 1.05. The molecular formula is C20H24N2O6S. The van der Waals surface area contributed by atoms with Gasteiger partial charge in [-0.05, 0) is 38.1 Å². The minimum atomic E-state index is -3.68. The summed E-state index contributed by atoms with van der Waals surface area (Å²) in [6, 6.07) is 12.0. The van der Waals surface area contributed by atoms with Gasteiger partial charge >= 0.3 is 0 Å². The van der Waals surface area contributed by atoms with E-state index >= 15 is 0 Å². The molecule has 1 aliphatic rings. The summed E-state index contributed by atoms with van der Waals surface area (Å²) in [7, 11) is -3.68. The van der Waals surface area contributed by atoms with Crippen LogP contribution < -0.4 is 23.8 Å². The summed E-state index contributed by atoms with van der Waals surface area (Å²) < 4.78 is 41.7. The topological polar surface area (TPSA) is 94.2 Å². The van der Waals surface area contributed by atoms with Crippen molar-refractivity contribution < 1.29 is 27.4 Å². The Labute approximate surface area is 170 Å². The number of aryl methyl sites for hydroxylation is 1. The lowest BCUT2D eigenvalue weighted by atomic mass is 10.2. The monoisotopic (exact) mass is 420 g/mol. The Balaban J connectivity index is 1.60. The maximum atomic E-state index is 12.4. The molecule has 9 heteroatoms. The molecule has 0 saturated carbocycles. The molecule has 8 nitrogen and oxygen atoms in total. The first-order valence-corrected chi connectivity index (χ1v) is 10.9. The predicted molar refractivity (Wildman–Crippen MR) is 109 cm³/mol. The van der Waals surface area contributed by atoms with Gasteiger partial charge in [0.25, 0.3) is 0 Å². The molecule has 0 aromatic heterocycles. The highest BCUT2D eigenvalue weighted by Crippen LogP contribution is 2.36. The molecule has 2 aromatic rings. The summed E-state index contributed by atoms with van der Waals surface area (Å²) in [5.74, 6) is 1.24. The number of benzene rings is 2. The highest BCUT2D eigenvalue weighted by atomic mass is 32.2. The van der Waals surface area contributed by atoms with Crippen molar-refractivity contribution in [3.63, 3.8) is 0 Å². The molecule has 1 N–H and O–H groups in total. The second kappa shape index (κ2) is 8.60. The number of carbonyl (C=O) groups excluding carboxylic acids is 1. The molecule has 0 saturated heterocycles. The quantitative estimate of drug-likeness (QED) is 0.703. The second-order valence-corrected chi connectivity index (χ2v) is 8.81. The molecule has 156 valence electrons. The highest BCUT2D eigenvalue weighted by Gasteiger charge is 2.24. The van der Waals surface area contributed by atoms with Crippen molar-refractivity contribution in [1.29, 1.82) is 0 Å². The summed E-state index contributed by atoms with van der Waals surface area (Å²) in [6.45, 7) is 3.76. The van der Waals surface area contributed by atoms with E-state index in [2.05, 4.69) is 5.32 Å². The number of anilines is 1. The summed E-state index contributed by atoms with van der Waals surface area (Å²) in [5.41, 5.74) is 1.46. The molecule has 29 heavy (non-hydrogen) atoms. The first kappa shape index (κ1) is 20.8. The molecule has 0 bridgehead atoms. The summed E-state index contributed by atoms with van der Waals surface area (Å²) in [5, 5.41) is 2.76. The fraction of sp³-hybridized carbons (Fsp3) is 0.350.